The predicted molar refractivity (Wildman–Crippen MR) is 118 cm³/mol. The average Bonchev–Trinajstić information content (AvgIpc) is 2.96. The molecule has 0 spiro atoms. The Morgan fingerprint density at radius 2 is 1.80 bits per heavy atom. The highest BCUT2D eigenvalue weighted by molar-refractivity contribution is 9.10. The first-order valence-electron chi connectivity index (χ1n) is 10.1. The standard InChI is InChI=1S/C23H25BrF3N3/c1-14-10-18(13-22(2,3)12-14)30-20-9-6-16(24)11-19(20)29-21(30)28-17-7-4-15(5-8-17)23(25,26)27/h4-9,11,14,18H,10,12-13H2,1-3H3,(H,28,29)/t14-,18+/m1/s1. The maximum Gasteiger partial charge on any atom is 0.416 e. The fourth-order valence-corrected chi connectivity index (χ4v) is 5.24. The molecule has 1 heterocycles. The second-order valence-electron chi connectivity index (χ2n) is 9.21. The summed E-state index contributed by atoms with van der Waals surface area (Å²) >= 11 is 3.51. The minimum absolute atomic E-state index is 0.222. The average molecular weight is 480 g/mol. The first-order chi connectivity index (χ1) is 14.0. The lowest BCUT2D eigenvalue weighted by Gasteiger charge is -2.40. The van der Waals surface area contributed by atoms with Crippen molar-refractivity contribution < 1.29 is 13.2 Å². The first kappa shape index (κ1) is 21.2. The number of halogens is 4. The van der Waals surface area contributed by atoms with Crippen LogP contribution in [0, 0.1) is 11.3 Å². The van der Waals surface area contributed by atoms with Crippen molar-refractivity contribution in [1.29, 1.82) is 0 Å². The van der Waals surface area contributed by atoms with Gasteiger partial charge in [-0.05, 0) is 73.1 Å². The molecular weight excluding hydrogens is 455 g/mol. The van der Waals surface area contributed by atoms with Gasteiger partial charge in [-0.1, -0.05) is 36.7 Å². The smallest absolute Gasteiger partial charge is 0.326 e. The van der Waals surface area contributed by atoms with Gasteiger partial charge in [-0.15, -0.1) is 0 Å². The summed E-state index contributed by atoms with van der Waals surface area (Å²) < 4.78 is 41.9. The van der Waals surface area contributed by atoms with Crippen LogP contribution in [0.25, 0.3) is 11.0 Å². The fraction of sp³-hybridized carbons (Fsp3) is 0.435. The predicted octanol–water partition coefficient (Wildman–Crippen LogP) is 7.95. The summed E-state index contributed by atoms with van der Waals surface area (Å²) in [6, 6.07) is 11.4. The molecule has 3 nitrogen and oxygen atoms in total. The molecule has 160 valence electrons. The molecular formula is C23H25BrF3N3. The minimum atomic E-state index is -4.35. The second-order valence-corrected chi connectivity index (χ2v) is 10.1. The SMILES string of the molecule is C[C@@H]1C[C@H](n2c(Nc3ccc(C(F)(F)F)cc3)nc3cc(Br)ccc32)CC(C)(C)C1. The lowest BCUT2D eigenvalue weighted by molar-refractivity contribution is -0.137. The van der Waals surface area contributed by atoms with Gasteiger partial charge in [-0.2, -0.15) is 13.2 Å². The monoisotopic (exact) mass is 479 g/mol. The molecule has 1 saturated carbocycles. The number of fused-ring (bicyclic) bond motifs is 1. The Hall–Kier alpha value is -2.02. The minimum Gasteiger partial charge on any atom is -0.326 e. The summed E-state index contributed by atoms with van der Waals surface area (Å²) in [5.74, 6) is 1.25. The van der Waals surface area contributed by atoms with E-state index >= 15 is 0 Å². The van der Waals surface area contributed by atoms with E-state index in [-0.39, 0.29) is 11.5 Å². The highest BCUT2D eigenvalue weighted by Crippen LogP contribution is 2.46. The van der Waals surface area contributed by atoms with E-state index < -0.39 is 11.7 Å². The van der Waals surface area contributed by atoms with Crippen LogP contribution >= 0.6 is 15.9 Å². The van der Waals surface area contributed by atoms with Crippen LogP contribution in [0.2, 0.25) is 0 Å². The van der Waals surface area contributed by atoms with Crippen LogP contribution in [0.1, 0.15) is 51.6 Å². The third kappa shape index (κ3) is 4.36. The van der Waals surface area contributed by atoms with E-state index in [1.54, 1.807) is 0 Å². The van der Waals surface area contributed by atoms with E-state index in [9.17, 15) is 13.2 Å². The third-order valence-corrected chi connectivity index (χ3v) is 6.34. The van der Waals surface area contributed by atoms with Gasteiger partial charge in [0.25, 0.3) is 0 Å². The number of rotatable bonds is 3. The quantitative estimate of drug-likeness (QED) is 0.412. The first-order valence-corrected chi connectivity index (χ1v) is 10.9. The summed E-state index contributed by atoms with van der Waals surface area (Å²) in [7, 11) is 0. The largest absolute Gasteiger partial charge is 0.416 e. The van der Waals surface area contributed by atoms with Crippen LogP contribution in [0.15, 0.2) is 46.9 Å². The molecule has 0 radical (unpaired) electrons. The molecule has 30 heavy (non-hydrogen) atoms. The highest BCUT2D eigenvalue weighted by atomic mass is 79.9. The van der Waals surface area contributed by atoms with Crippen molar-refractivity contribution in [3.8, 4) is 0 Å². The van der Waals surface area contributed by atoms with Gasteiger partial charge in [-0.3, -0.25) is 0 Å². The van der Waals surface area contributed by atoms with Gasteiger partial charge in [0.15, 0.2) is 0 Å². The number of alkyl halides is 3. The Kier molecular flexibility index (Phi) is 5.37. The Morgan fingerprint density at radius 3 is 2.43 bits per heavy atom. The molecule has 1 aliphatic rings. The van der Waals surface area contributed by atoms with Crippen molar-refractivity contribution >= 4 is 38.6 Å². The van der Waals surface area contributed by atoms with Gasteiger partial charge in [-0.25, -0.2) is 4.98 Å². The van der Waals surface area contributed by atoms with Gasteiger partial charge in [0.1, 0.15) is 0 Å². The van der Waals surface area contributed by atoms with Crippen molar-refractivity contribution in [2.75, 3.05) is 5.32 Å². The van der Waals surface area contributed by atoms with E-state index in [0.717, 1.165) is 40.5 Å². The van der Waals surface area contributed by atoms with Crippen LogP contribution in [0.5, 0.6) is 0 Å². The normalized spacial score (nSPS) is 21.7. The molecule has 1 aromatic heterocycles. The maximum atomic E-state index is 12.9. The number of anilines is 2. The van der Waals surface area contributed by atoms with Gasteiger partial charge < -0.3 is 9.88 Å². The lowest BCUT2D eigenvalue weighted by atomic mass is 9.70. The maximum absolute atomic E-state index is 12.9. The summed E-state index contributed by atoms with van der Waals surface area (Å²) in [5, 5.41) is 3.27. The Morgan fingerprint density at radius 1 is 1.10 bits per heavy atom. The van der Waals surface area contributed by atoms with Crippen LogP contribution < -0.4 is 5.32 Å². The van der Waals surface area contributed by atoms with E-state index in [1.165, 1.54) is 18.6 Å². The summed E-state index contributed by atoms with van der Waals surface area (Å²) in [4.78, 5) is 4.79. The van der Waals surface area contributed by atoms with Crippen LogP contribution in [-0.4, -0.2) is 9.55 Å². The van der Waals surface area contributed by atoms with Crippen LogP contribution in [-0.2, 0) is 6.18 Å². The molecule has 1 aliphatic carbocycles. The van der Waals surface area contributed by atoms with Crippen molar-refractivity contribution in [2.24, 2.45) is 11.3 Å². The molecule has 0 saturated heterocycles. The van der Waals surface area contributed by atoms with Crippen LogP contribution in [0.4, 0.5) is 24.8 Å². The van der Waals surface area contributed by atoms with E-state index in [1.807, 2.05) is 12.1 Å². The summed E-state index contributed by atoms with van der Waals surface area (Å²) in [5.41, 5.74) is 2.03. The zero-order chi connectivity index (χ0) is 21.7. The second kappa shape index (κ2) is 7.59. The Bertz CT molecular complexity index is 1050. The van der Waals surface area contributed by atoms with Gasteiger partial charge in [0, 0.05) is 16.2 Å². The molecule has 7 heteroatoms. The molecule has 0 aliphatic heterocycles. The van der Waals surface area contributed by atoms with Gasteiger partial charge in [0.2, 0.25) is 5.95 Å². The number of nitrogens with one attached hydrogen (secondary N) is 1. The molecule has 2 atom stereocenters. The van der Waals surface area contributed by atoms with E-state index in [2.05, 4.69) is 52.7 Å². The topological polar surface area (TPSA) is 29.9 Å². The van der Waals surface area contributed by atoms with Crippen molar-refractivity contribution in [1.82, 2.24) is 9.55 Å². The third-order valence-electron chi connectivity index (χ3n) is 5.85. The number of imidazole rings is 1. The molecule has 2 aromatic carbocycles. The zero-order valence-corrected chi connectivity index (χ0v) is 18.8. The Labute approximate surface area is 182 Å². The number of nitrogens with zero attached hydrogens (tertiary/aromatic N) is 2. The molecule has 0 unspecified atom stereocenters. The fourth-order valence-electron chi connectivity index (χ4n) is 4.89. The Balaban J connectivity index is 1.75. The number of aromatic nitrogens is 2. The van der Waals surface area contributed by atoms with Crippen molar-refractivity contribution in [3.63, 3.8) is 0 Å². The van der Waals surface area contributed by atoms with E-state index in [0.29, 0.717) is 17.6 Å². The lowest BCUT2D eigenvalue weighted by Crippen LogP contribution is -2.29. The molecule has 1 fully saturated rings. The molecule has 0 amide bonds. The van der Waals surface area contributed by atoms with Gasteiger partial charge >= 0.3 is 6.18 Å². The van der Waals surface area contributed by atoms with Crippen LogP contribution in [0.3, 0.4) is 0 Å². The zero-order valence-electron chi connectivity index (χ0n) is 17.2. The molecule has 3 aromatic rings. The molecule has 1 N–H and O–H groups in total. The van der Waals surface area contributed by atoms with E-state index in [4.69, 9.17) is 4.98 Å². The van der Waals surface area contributed by atoms with Gasteiger partial charge in [0.05, 0.1) is 16.6 Å². The number of hydrogen-bond acceptors (Lipinski definition) is 2. The number of hydrogen-bond donors (Lipinski definition) is 1. The number of benzene rings is 2. The van der Waals surface area contributed by atoms with Crippen molar-refractivity contribution in [3.05, 3.63) is 52.5 Å². The van der Waals surface area contributed by atoms with Crippen molar-refractivity contribution in [2.45, 2.75) is 52.3 Å². The molecule has 0 bridgehead atoms. The molecule has 4 rings (SSSR count). The highest BCUT2D eigenvalue weighted by Gasteiger charge is 2.35. The summed E-state index contributed by atoms with van der Waals surface area (Å²) in [6.45, 7) is 6.88. The summed E-state index contributed by atoms with van der Waals surface area (Å²) in [6.07, 6.45) is -1.09.